The van der Waals surface area contributed by atoms with Crippen molar-refractivity contribution in [3.63, 3.8) is 0 Å². The third kappa shape index (κ3) is 4.44. The van der Waals surface area contributed by atoms with E-state index in [1.165, 1.54) is 0 Å². The number of esters is 1. The molecule has 0 unspecified atom stereocenters. The molecule has 0 N–H and O–H groups in total. The van der Waals surface area contributed by atoms with Crippen molar-refractivity contribution in [2.24, 2.45) is 0 Å². The van der Waals surface area contributed by atoms with Gasteiger partial charge in [0.15, 0.2) is 6.61 Å². The first kappa shape index (κ1) is 17.7. The minimum absolute atomic E-state index is 0.240. The van der Waals surface area contributed by atoms with Crippen LogP contribution in [0.25, 0.3) is 0 Å². The van der Waals surface area contributed by atoms with Crippen LogP contribution in [0.2, 0.25) is 0 Å². The van der Waals surface area contributed by atoms with Gasteiger partial charge in [-0.2, -0.15) is 0 Å². The van der Waals surface area contributed by atoms with E-state index in [2.05, 4.69) is 13.8 Å². The summed E-state index contributed by atoms with van der Waals surface area (Å²) < 4.78 is 5.16. The average Bonchev–Trinajstić information content (AvgIpc) is 2.61. The molecule has 4 nitrogen and oxygen atoms in total. The van der Waals surface area contributed by atoms with Gasteiger partial charge in [-0.3, -0.25) is 4.79 Å². The second-order valence-corrected chi connectivity index (χ2v) is 5.83. The van der Waals surface area contributed by atoms with Crippen LogP contribution in [0.15, 0.2) is 54.6 Å². The number of carbonyl (C=O) groups is 2. The van der Waals surface area contributed by atoms with Crippen LogP contribution in [0, 0.1) is 0 Å². The van der Waals surface area contributed by atoms with E-state index in [0.29, 0.717) is 18.0 Å². The van der Waals surface area contributed by atoms with E-state index >= 15 is 0 Å². The van der Waals surface area contributed by atoms with Crippen molar-refractivity contribution < 1.29 is 14.3 Å². The van der Waals surface area contributed by atoms with Gasteiger partial charge < -0.3 is 9.64 Å². The zero-order valence-electron chi connectivity index (χ0n) is 14.4. The van der Waals surface area contributed by atoms with E-state index in [-0.39, 0.29) is 12.5 Å². The number of benzene rings is 2. The third-order valence-electron chi connectivity index (χ3n) is 3.82. The van der Waals surface area contributed by atoms with Crippen molar-refractivity contribution in [1.82, 2.24) is 0 Å². The van der Waals surface area contributed by atoms with Gasteiger partial charge in [-0.1, -0.05) is 44.2 Å². The molecule has 0 aliphatic rings. The Bertz CT molecular complexity index is 678. The molecule has 126 valence electrons. The Morgan fingerprint density at radius 2 is 1.62 bits per heavy atom. The van der Waals surface area contributed by atoms with E-state index in [4.69, 9.17) is 4.74 Å². The highest BCUT2D eigenvalue weighted by Crippen LogP contribution is 2.16. The van der Waals surface area contributed by atoms with E-state index in [1.807, 2.05) is 49.4 Å². The number of hydrogen-bond donors (Lipinski definition) is 0. The predicted molar refractivity (Wildman–Crippen MR) is 95.3 cm³/mol. The molecule has 24 heavy (non-hydrogen) atoms. The predicted octanol–water partition coefficient (Wildman–Crippen LogP) is 4.02. The summed E-state index contributed by atoms with van der Waals surface area (Å²) in [6.45, 7) is 6.32. The van der Waals surface area contributed by atoms with Crippen LogP contribution < -0.4 is 4.90 Å². The second-order valence-electron chi connectivity index (χ2n) is 5.83. The van der Waals surface area contributed by atoms with E-state index < -0.39 is 5.97 Å². The fourth-order valence-electron chi connectivity index (χ4n) is 2.40. The molecule has 0 atom stereocenters. The number of para-hydroxylation sites is 1. The van der Waals surface area contributed by atoms with Crippen LogP contribution in [0.3, 0.4) is 0 Å². The molecule has 2 aromatic rings. The maximum atomic E-state index is 12.3. The lowest BCUT2D eigenvalue weighted by Crippen LogP contribution is -2.34. The number of ether oxygens (including phenoxy) is 1. The molecule has 0 aliphatic heterocycles. The summed E-state index contributed by atoms with van der Waals surface area (Å²) in [5, 5.41) is 0. The van der Waals surface area contributed by atoms with E-state index in [9.17, 15) is 9.59 Å². The van der Waals surface area contributed by atoms with Gasteiger partial charge in [0.1, 0.15) is 0 Å². The Morgan fingerprint density at radius 1 is 1.00 bits per heavy atom. The Kier molecular flexibility index (Phi) is 6.13. The molecule has 0 aliphatic carbocycles. The quantitative estimate of drug-likeness (QED) is 0.754. The monoisotopic (exact) mass is 325 g/mol. The summed E-state index contributed by atoms with van der Waals surface area (Å²) in [5.41, 5.74) is 2.40. The standard InChI is InChI=1S/C20H23NO3/c1-4-21(18-8-6-5-7-9-18)19(22)14-24-20(23)17-12-10-16(11-13-17)15(2)3/h5-13,15H,4,14H2,1-3H3. The smallest absolute Gasteiger partial charge is 0.338 e. The van der Waals surface area contributed by atoms with Crippen LogP contribution in [0.5, 0.6) is 0 Å². The highest BCUT2D eigenvalue weighted by atomic mass is 16.5. The molecule has 4 heteroatoms. The van der Waals surface area contributed by atoms with Crippen LogP contribution in [-0.4, -0.2) is 25.0 Å². The molecule has 0 spiro atoms. The van der Waals surface area contributed by atoms with Crippen molar-refractivity contribution in [3.05, 3.63) is 65.7 Å². The maximum absolute atomic E-state index is 12.3. The summed E-state index contributed by atoms with van der Waals surface area (Å²) in [4.78, 5) is 26.0. The minimum Gasteiger partial charge on any atom is -0.452 e. The van der Waals surface area contributed by atoms with Gasteiger partial charge in [-0.15, -0.1) is 0 Å². The van der Waals surface area contributed by atoms with E-state index in [1.54, 1.807) is 17.0 Å². The van der Waals surface area contributed by atoms with Crippen molar-refractivity contribution in [1.29, 1.82) is 0 Å². The van der Waals surface area contributed by atoms with E-state index in [0.717, 1.165) is 11.3 Å². The van der Waals surface area contributed by atoms with Gasteiger partial charge in [0, 0.05) is 12.2 Å². The Balaban J connectivity index is 1.96. The molecule has 0 saturated carbocycles. The normalized spacial score (nSPS) is 10.5. The fourth-order valence-corrected chi connectivity index (χ4v) is 2.40. The van der Waals surface area contributed by atoms with Crippen LogP contribution in [0.1, 0.15) is 42.6 Å². The molecule has 0 bridgehead atoms. The summed E-state index contributed by atoms with van der Waals surface area (Å²) in [5.74, 6) is -0.320. The molecule has 2 aromatic carbocycles. The number of rotatable bonds is 6. The summed E-state index contributed by atoms with van der Waals surface area (Å²) in [6.07, 6.45) is 0. The average molecular weight is 325 g/mol. The van der Waals surface area contributed by atoms with Crippen LogP contribution in [-0.2, 0) is 9.53 Å². The molecular formula is C20H23NO3. The van der Waals surface area contributed by atoms with Crippen molar-refractivity contribution in [3.8, 4) is 0 Å². The molecular weight excluding hydrogens is 302 g/mol. The number of nitrogens with zero attached hydrogens (tertiary/aromatic N) is 1. The first-order chi connectivity index (χ1) is 11.5. The molecule has 0 saturated heterocycles. The van der Waals surface area contributed by atoms with Crippen molar-refractivity contribution in [2.75, 3.05) is 18.1 Å². The Labute approximate surface area is 143 Å². The number of amides is 1. The van der Waals surface area contributed by atoms with Gasteiger partial charge >= 0.3 is 5.97 Å². The third-order valence-corrected chi connectivity index (χ3v) is 3.82. The van der Waals surface area contributed by atoms with Crippen molar-refractivity contribution in [2.45, 2.75) is 26.7 Å². The van der Waals surface area contributed by atoms with Crippen LogP contribution in [0.4, 0.5) is 5.69 Å². The molecule has 0 heterocycles. The fraction of sp³-hybridized carbons (Fsp3) is 0.300. The first-order valence-corrected chi connectivity index (χ1v) is 8.15. The highest BCUT2D eigenvalue weighted by molar-refractivity contribution is 5.97. The highest BCUT2D eigenvalue weighted by Gasteiger charge is 2.16. The summed E-state index contributed by atoms with van der Waals surface area (Å²) >= 11 is 0. The lowest BCUT2D eigenvalue weighted by Gasteiger charge is -2.20. The first-order valence-electron chi connectivity index (χ1n) is 8.15. The number of likely N-dealkylation sites (N-methyl/N-ethyl adjacent to an activating group) is 1. The topological polar surface area (TPSA) is 46.6 Å². The molecule has 0 radical (unpaired) electrons. The lowest BCUT2D eigenvalue weighted by molar-refractivity contribution is -0.121. The summed E-state index contributed by atoms with van der Waals surface area (Å²) in [6, 6.07) is 16.6. The van der Waals surface area contributed by atoms with Gasteiger partial charge in [0.2, 0.25) is 0 Å². The Morgan fingerprint density at radius 3 is 2.17 bits per heavy atom. The number of carbonyl (C=O) groups excluding carboxylic acids is 2. The van der Waals surface area contributed by atoms with Gasteiger partial charge in [-0.25, -0.2) is 4.79 Å². The molecule has 1 amide bonds. The number of anilines is 1. The minimum atomic E-state index is -0.484. The molecule has 0 aromatic heterocycles. The number of hydrogen-bond acceptors (Lipinski definition) is 3. The second kappa shape index (κ2) is 8.29. The maximum Gasteiger partial charge on any atom is 0.338 e. The molecule has 2 rings (SSSR count). The zero-order chi connectivity index (χ0) is 17.5. The van der Waals surface area contributed by atoms with Gasteiger partial charge in [0.05, 0.1) is 5.56 Å². The zero-order valence-corrected chi connectivity index (χ0v) is 14.4. The van der Waals surface area contributed by atoms with Crippen LogP contribution >= 0.6 is 0 Å². The lowest BCUT2D eigenvalue weighted by atomic mass is 10.0. The van der Waals surface area contributed by atoms with Crippen molar-refractivity contribution >= 4 is 17.6 Å². The van der Waals surface area contributed by atoms with Gasteiger partial charge in [-0.05, 0) is 42.7 Å². The van der Waals surface area contributed by atoms with Gasteiger partial charge in [0.25, 0.3) is 5.91 Å². The summed E-state index contributed by atoms with van der Waals surface area (Å²) in [7, 11) is 0. The SMILES string of the molecule is CCN(C(=O)COC(=O)c1ccc(C(C)C)cc1)c1ccccc1. The largest absolute Gasteiger partial charge is 0.452 e. The molecule has 0 fully saturated rings. The Hall–Kier alpha value is -2.62.